The van der Waals surface area contributed by atoms with Gasteiger partial charge in [0, 0.05) is 12.6 Å². The van der Waals surface area contributed by atoms with Crippen LogP contribution in [0, 0.1) is 0 Å². The molecule has 0 spiro atoms. The number of halogens is 1. The second kappa shape index (κ2) is 8.44. The van der Waals surface area contributed by atoms with Gasteiger partial charge in [-0.05, 0) is 54.4 Å². The average Bonchev–Trinajstić information content (AvgIpc) is 2.99. The highest BCUT2D eigenvalue weighted by Crippen LogP contribution is 2.22. The molecule has 0 fully saturated rings. The first-order valence-corrected chi connectivity index (χ1v) is 9.40. The van der Waals surface area contributed by atoms with Crippen molar-refractivity contribution < 1.29 is 9.59 Å². The summed E-state index contributed by atoms with van der Waals surface area (Å²) in [5.74, 6) is -0.312. The predicted octanol–water partition coefficient (Wildman–Crippen LogP) is 4.07. The molecule has 0 aliphatic rings. The first-order chi connectivity index (χ1) is 11.4. The lowest BCUT2D eigenvalue weighted by Gasteiger charge is -2.29. The van der Waals surface area contributed by atoms with Crippen molar-refractivity contribution in [2.45, 2.75) is 39.4 Å². The second-order valence-electron chi connectivity index (χ2n) is 5.84. The van der Waals surface area contributed by atoms with E-state index in [1.54, 1.807) is 17.9 Å². The quantitative estimate of drug-likeness (QED) is 0.782. The maximum Gasteiger partial charge on any atom is 0.262 e. The van der Waals surface area contributed by atoms with Gasteiger partial charge in [-0.1, -0.05) is 30.3 Å². The van der Waals surface area contributed by atoms with Crippen LogP contribution >= 0.6 is 27.3 Å². The van der Waals surface area contributed by atoms with E-state index in [2.05, 4.69) is 21.2 Å². The Morgan fingerprint density at radius 2 is 1.79 bits per heavy atom. The van der Waals surface area contributed by atoms with Crippen LogP contribution in [0.5, 0.6) is 0 Å². The van der Waals surface area contributed by atoms with Crippen LogP contribution in [-0.2, 0) is 11.3 Å². The van der Waals surface area contributed by atoms with Crippen molar-refractivity contribution in [1.82, 2.24) is 10.2 Å². The fourth-order valence-electron chi connectivity index (χ4n) is 2.31. The molecule has 1 N–H and O–H groups in total. The van der Waals surface area contributed by atoms with Crippen molar-refractivity contribution in [2.24, 2.45) is 0 Å². The zero-order chi connectivity index (χ0) is 17.7. The Balaban J connectivity index is 2.04. The number of rotatable bonds is 6. The van der Waals surface area contributed by atoms with Crippen LogP contribution in [0.15, 0.2) is 46.3 Å². The molecule has 6 heteroatoms. The zero-order valence-corrected chi connectivity index (χ0v) is 16.4. The van der Waals surface area contributed by atoms with Crippen LogP contribution in [-0.4, -0.2) is 28.8 Å². The van der Waals surface area contributed by atoms with E-state index in [9.17, 15) is 9.59 Å². The highest BCUT2D eigenvalue weighted by Gasteiger charge is 2.25. The summed E-state index contributed by atoms with van der Waals surface area (Å²) in [5.41, 5.74) is 1.07. The van der Waals surface area contributed by atoms with E-state index in [1.165, 1.54) is 11.3 Å². The minimum Gasteiger partial charge on any atom is -0.340 e. The molecule has 2 rings (SSSR count). The normalized spacial score (nSPS) is 12.0. The van der Waals surface area contributed by atoms with E-state index in [4.69, 9.17) is 0 Å². The Labute approximate surface area is 155 Å². The fraction of sp³-hybridized carbons (Fsp3) is 0.333. The van der Waals surface area contributed by atoms with E-state index in [1.807, 2.05) is 50.2 Å². The number of nitrogens with one attached hydrogen (secondary N) is 1. The number of hydrogen-bond acceptors (Lipinski definition) is 3. The van der Waals surface area contributed by atoms with Crippen molar-refractivity contribution >= 4 is 39.1 Å². The maximum absolute atomic E-state index is 12.8. The maximum atomic E-state index is 12.8. The number of amides is 2. The zero-order valence-electron chi connectivity index (χ0n) is 14.0. The van der Waals surface area contributed by atoms with E-state index < -0.39 is 6.04 Å². The molecule has 0 radical (unpaired) electrons. The van der Waals surface area contributed by atoms with Gasteiger partial charge < -0.3 is 10.2 Å². The van der Waals surface area contributed by atoms with Crippen molar-refractivity contribution in [1.29, 1.82) is 0 Å². The minimum atomic E-state index is -0.579. The highest BCUT2D eigenvalue weighted by atomic mass is 79.9. The van der Waals surface area contributed by atoms with Gasteiger partial charge in [-0.2, -0.15) is 0 Å². The van der Waals surface area contributed by atoms with E-state index in [-0.39, 0.29) is 17.9 Å². The van der Waals surface area contributed by atoms with Crippen molar-refractivity contribution in [2.75, 3.05) is 0 Å². The molecule has 0 saturated heterocycles. The summed E-state index contributed by atoms with van der Waals surface area (Å²) >= 11 is 4.68. The lowest BCUT2D eigenvalue weighted by Crippen LogP contribution is -2.48. The largest absolute Gasteiger partial charge is 0.340 e. The van der Waals surface area contributed by atoms with Crippen LogP contribution in [0.2, 0.25) is 0 Å². The molecule has 0 bridgehead atoms. The first-order valence-electron chi connectivity index (χ1n) is 7.79. The smallest absolute Gasteiger partial charge is 0.262 e. The van der Waals surface area contributed by atoms with Gasteiger partial charge in [0.1, 0.15) is 6.04 Å². The van der Waals surface area contributed by atoms with Gasteiger partial charge in [-0.3, -0.25) is 9.59 Å². The summed E-state index contributed by atoms with van der Waals surface area (Å²) < 4.78 is 0.888. The van der Waals surface area contributed by atoms with E-state index in [0.29, 0.717) is 11.4 Å². The van der Waals surface area contributed by atoms with Gasteiger partial charge in [0.2, 0.25) is 5.91 Å². The predicted molar refractivity (Wildman–Crippen MR) is 101 cm³/mol. The van der Waals surface area contributed by atoms with Gasteiger partial charge in [-0.15, -0.1) is 11.3 Å². The molecule has 128 valence electrons. The van der Waals surface area contributed by atoms with Gasteiger partial charge in [0.15, 0.2) is 0 Å². The van der Waals surface area contributed by atoms with Gasteiger partial charge in [-0.25, -0.2) is 0 Å². The molecule has 0 aliphatic carbocycles. The lowest BCUT2D eigenvalue weighted by atomic mass is 10.1. The Kier molecular flexibility index (Phi) is 6.57. The number of nitrogens with zero attached hydrogens (tertiary/aromatic N) is 1. The van der Waals surface area contributed by atoms with Crippen molar-refractivity contribution in [3.63, 3.8) is 0 Å². The Morgan fingerprint density at radius 1 is 1.12 bits per heavy atom. The average molecular weight is 409 g/mol. The minimum absolute atomic E-state index is 0.0490. The third-order valence-corrected chi connectivity index (χ3v) is 5.24. The van der Waals surface area contributed by atoms with Crippen LogP contribution in [0.25, 0.3) is 0 Å². The topological polar surface area (TPSA) is 49.4 Å². The summed E-state index contributed by atoms with van der Waals surface area (Å²) in [6.07, 6.45) is 0. The molecule has 24 heavy (non-hydrogen) atoms. The van der Waals surface area contributed by atoms with Crippen molar-refractivity contribution in [3.05, 3.63) is 56.7 Å². The Bertz CT molecular complexity index is 700. The van der Waals surface area contributed by atoms with Gasteiger partial charge >= 0.3 is 0 Å². The Hall–Kier alpha value is -1.66. The molecule has 0 aliphatic heterocycles. The molecular weight excluding hydrogens is 388 g/mol. The summed E-state index contributed by atoms with van der Waals surface area (Å²) in [7, 11) is 0. The molecular formula is C18H21BrN2O2S. The number of carbonyl (C=O) groups excluding carboxylic acids is 2. The lowest BCUT2D eigenvalue weighted by molar-refractivity contribution is -0.135. The second-order valence-corrected chi connectivity index (χ2v) is 8.31. The Morgan fingerprint density at radius 3 is 2.33 bits per heavy atom. The number of thiophene rings is 1. The van der Waals surface area contributed by atoms with E-state index >= 15 is 0 Å². The van der Waals surface area contributed by atoms with Gasteiger partial charge in [0.05, 0.1) is 8.66 Å². The standard InChI is InChI=1S/C18H21BrN2O2S/c1-12(2)21(11-14-7-5-4-6-8-14)18(23)13(3)20-17(22)15-9-10-16(19)24-15/h4-10,12-13H,11H2,1-3H3,(H,20,22). The number of benzene rings is 1. The molecule has 2 amide bonds. The van der Waals surface area contributed by atoms with Crippen LogP contribution < -0.4 is 5.32 Å². The molecule has 1 aromatic carbocycles. The molecule has 1 heterocycles. The van der Waals surface area contributed by atoms with Crippen LogP contribution in [0.1, 0.15) is 36.0 Å². The molecule has 1 atom stereocenters. The van der Waals surface area contributed by atoms with Crippen LogP contribution in [0.3, 0.4) is 0 Å². The third-order valence-electron chi connectivity index (χ3n) is 3.62. The fourth-order valence-corrected chi connectivity index (χ4v) is 3.60. The summed E-state index contributed by atoms with van der Waals surface area (Å²) in [6, 6.07) is 12.9. The molecule has 2 aromatic rings. The first kappa shape index (κ1) is 18.7. The number of carbonyl (C=O) groups is 2. The molecule has 1 aromatic heterocycles. The molecule has 0 saturated carbocycles. The monoisotopic (exact) mass is 408 g/mol. The molecule has 4 nitrogen and oxygen atoms in total. The van der Waals surface area contributed by atoms with Crippen molar-refractivity contribution in [3.8, 4) is 0 Å². The van der Waals surface area contributed by atoms with Gasteiger partial charge in [0.25, 0.3) is 5.91 Å². The van der Waals surface area contributed by atoms with Crippen LogP contribution in [0.4, 0.5) is 0 Å². The highest BCUT2D eigenvalue weighted by molar-refractivity contribution is 9.11. The summed E-state index contributed by atoms with van der Waals surface area (Å²) in [4.78, 5) is 27.4. The SMILES string of the molecule is CC(NC(=O)c1ccc(Br)s1)C(=O)N(Cc1ccccc1)C(C)C. The van der Waals surface area contributed by atoms with E-state index in [0.717, 1.165) is 9.35 Å². The molecule has 1 unspecified atom stereocenters. The summed E-state index contributed by atoms with van der Waals surface area (Å²) in [6.45, 7) is 6.21. The number of hydrogen-bond donors (Lipinski definition) is 1. The third kappa shape index (κ3) is 4.92. The summed E-state index contributed by atoms with van der Waals surface area (Å²) in [5, 5.41) is 2.79.